The zero-order valence-corrected chi connectivity index (χ0v) is 15.1. The summed E-state index contributed by atoms with van der Waals surface area (Å²) in [7, 11) is 0. The lowest BCUT2D eigenvalue weighted by Gasteiger charge is -2.10. The van der Waals surface area contributed by atoms with E-state index in [2.05, 4.69) is 88.1 Å². The van der Waals surface area contributed by atoms with E-state index in [-0.39, 0.29) is 0 Å². The normalized spacial score (nSPS) is 13.6. The van der Waals surface area contributed by atoms with Gasteiger partial charge in [0.2, 0.25) is 0 Å². The van der Waals surface area contributed by atoms with Gasteiger partial charge >= 0.3 is 0 Å². The molecule has 1 N–H and O–H groups in total. The van der Waals surface area contributed by atoms with Crippen molar-refractivity contribution in [2.75, 3.05) is 5.32 Å². The van der Waals surface area contributed by atoms with Crippen molar-refractivity contribution in [1.82, 2.24) is 9.97 Å². The van der Waals surface area contributed by atoms with Crippen molar-refractivity contribution in [3.05, 3.63) is 90.3 Å². The lowest BCUT2D eigenvalue weighted by Crippen LogP contribution is -2.04. The number of anilines is 1. The topological polar surface area (TPSA) is 37.8 Å². The number of benzene rings is 3. The molecular weight excluding hydrogens is 330 g/mol. The first-order valence-electron chi connectivity index (χ1n) is 9.50. The van der Waals surface area contributed by atoms with Crippen LogP contribution in [0.4, 0.5) is 5.82 Å². The Kier molecular flexibility index (Phi) is 4.06. The Labute approximate surface area is 159 Å². The summed E-state index contributed by atoms with van der Waals surface area (Å²) in [4.78, 5) is 8.90. The van der Waals surface area contributed by atoms with Gasteiger partial charge in [-0.25, -0.2) is 9.97 Å². The Hall–Kier alpha value is -3.20. The maximum atomic E-state index is 4.47. The van der Waals surface area contributed by atoms with Crippen molar-refractivity contribution in [3.8, 4) is 11.1 Å². The van der Waals surface area contributed by atoms with Gasteiger partial charge in [0.1, 0.15) is 12.1 Å². The molecule has 1 aliphatic carbocycles. The molecule has 1 aliphatic rings. The minimum atomic E-state index is 0.570. The Bertz CT molecular complexity index is 1080. The van der Waals surface area contributed by atoms with Crippen LogP contribution in [0.5, 0.6) is 0 Å². The molecule has 3 aromatic carbocycles. The molecule has 0 amide bonds. The summed E-state index contributed by atoms with van der Waals surface area (Å²) < 4.78 is 0. The fourth-order valence-corrected chi connectivity index (χ4v) is 3.46. The first-order chi connectivity index (χ1) is 13.3. The van der Waals surface area contributed by atoms with Gasteiger partial charge in [0.05, 0.1) is 5.52 Å². The van der Waals surface area contributed by atoms with Crippen molar-refractivity contribution in [3.63, 3.8) is 0 Å². The van der Waals surface area contributed by atoms with E-state index in [9.17, 15) is 0 Å². The molecule has 0 aliphatic heterocycles. The van der Waals surface area contributed by atoms with Gasteiger partial charge in [0.25, 0.3) is 0 Å². The summed E-state index contributed by atoms with van der Waals surface area (Å²) in [5.41, 5.74) is 6.06. The van der Waals surface area contributed by atoms with E-state index in [4.69, 9.17) is 0 Å². The number of nitrogens with one attached hydrogen (secondary N) is 1. The fraction of sp³-hybridized carbons (Fsp3) is 0.167. The predicted octanol–water partition coefficient (Wildman–Crippen LogP) is 5.46. The van der Waals surface area contributed by atoms with Crippen molar-refractivity contribution < 1.29 is 0 Å². The minimum Gasteiger partial charge on any atom is -0.367 e. The third kappa shape index (κ3) is 3.54. The molecule has 0 bridgehead atoms. The highest BCUT2D eigenvalue weighted by atomic mass is 15.1. The van der Waals surface area contributed by atoms with E-state index >= 15 is 0 Å². The number of fused-ring (bicyclic) bond motifs is 1. The highest BCUT2D eigenvalue weighted by molar-refractivity contribution is 5.92. The van der Waals surface area contributed by atoms with E-state index in [1.807, 2.05) is 0 Å². The largest absolute Gasteiger partial charge is 0.367 e. The standard InChI is InChI=1S/C24H21N3/c1-2-5-17(6-3-1)13-18-7-4-8-19(14-18)20-9-12-23-22(15-20)24(26-16-25-23)27-21-10-11-21/h1-9,12,14-16,21H,10-11,13H2,(H,25,26,27). The van der Waals surface area contributed by atoms with Crippen molar-refractivity contribution in [1.29, 1.82) is 0 Å². The van der Waals surface area contributed by atoms with Gasteiger partial charge in [-0.15, -0.1) is 0 Å². The molecule has 3 nitrogen and oxygen atoms in total. The van der Waals surface area contributed by atoms with Gasteiger partial charge in [0.15, 0.2) is 0 Å². The van der Waals surface area contributed by atoms with Crippen LogP contribution in [0.15, 0.2) is 79.1 Å². The molecule has 0 spiro atoms. The summed E-state index contributed by atoms with van der Waals surface area (Å²) in [6, 6.07) is 26.4. The van der Waals surface area contributed by atoms with Crippen molar-refractivity contribution >= 4 is 16.7 Å². The third-order valence-corrected chi connectivity index (χ3v) is 5.06. The molecule has 1 aromatic heterocycles. The highest BCUT2D eigenvalue weighted by Gasteiger charge is 2.22. The van der Waals surface area contributed by atoms with E-state index in [0.717, 1.165) is 23.1 Å². The maximum absolute atomic E-state index is 4.47. The molecular formula is C24H21N3. The van der Waals surface area contributed by atoms with Crippen molar-refractivity contribution in [2.45, 2.75) is 25.3 Å². The van der Waals surface area contributed by atoms with E-state index in [0.29, 0.717) is 6.04 Å². The van der Waals surface area contributed by atoms with Gasteiger partial charge in [-0.05, 0) is 53.6 Å². The summed E-state index contributed by atoms with van der Waals surface area (Å²) in [6.45, 7) is 0. The van der Waals surface area contributed by atoms with Crippen LogP contribution in [-0.2, 0) is 6.42 Å². The summed E-state index contributed by atoms with van der Waals surface area (Å²) in [5.74, 6) is 0.949. The Morgan fingerprint density at radius 3 is 2.44 bits per heavy atom. The molecule has 0 radical (unpaired) electrons. The van der Waals surface area contributed by atoms with Crippen LogP contribution < -0.4 is 5.32 Å². The molecule has 0 unspecified atom stereocenters. The van der Waals surface area contributed by atoms with Crippen LogP contribution in [0.25, 0.3) is 22.0 Å². The van der Waals surface area contributed by atoms with E-state index in [1.165, 1.54) is 35.1 Å². The smallest absolute Gasteiger partial charge is 0.137 e. The number of aromatic nitrogens is 2. The maximum Gasteiger partial charge on any atom is 0.137 e. The zero-order chi connectivity index (χ0) is 18.1. The molecule has 1 saturated carbocycles. The summed E-state index contributed by atoms with van der Waals surface area (Å²) in [6.07, 6.45) is 5.05. The van der Waals surface area contributed by atoms with Crippen LogP contribution in [0.2, 0.25) is 0 Å². The SMILES string of the molecule is c1ccc(Cc2cccc(-c3ccc4ncnc(NC5CC5)c4c3)c2)cc1. The molecule has 1 heterocycles. The lowest BCUT2D eigenvalue weighted by atomic mass is 9.98. The molecule has 132 valence electrons. The number of hydrogen-bond acceptors (Lipinski definition) is 3. The minimum absolute atomic E-state index is 0.570. The average Bonchev–Trinajstić information content (AvgIpc) is 3.53. The van der Waals surface area contributed by atoms with E-state index < -0.39 is 0 Å². The first kappa shape index (κ1) is 16.0. The van der Waals surface area contributed by atoms with Crippen LogP contribution in [0, 0.1) is 0 Å². The van der Waals surface area contributed by atoms with Gasteiger partial charge in [-0.2, -0.15) is 0 Å². The molecule has 3 heteroatoms. The molecule has 1 fully saturated rings. The monoisotopic (exact) mass is 351 g/mol. The lowest BCUT2D eigenvalue weighted by molar-refractivity contribution is 1.10. The predicted molar refractivity (Wildman–Crippen MR) is 111 cm³/mol. The van der Waals surface area contributed by atoms with Gasteiger partial charge in [-0.1, -0.05) is 60.7 Å². The summed E-state index contributed by atoms with van der Waals surface area (Å²) >= 11 is 0. The zero-order valence-electron chi connectivity index (χ0n) is 15.1. The quantitative estimate of drug-likeness (QED) is 0.519. The van der Waals surface area contributed by atoms with Gasteiger partial charge in [-0.3, -0.25) is 0 Å². The van der Waals surface area contributed by atoms with Crippen molar-refractivity contribution in [2.24, 2.45) is 0 Å². The van der Waals surface area contributed by atoms with Gasteiger partial charge in [0, 0.05) is 11.4 Å². The summed E-state index contributed by atoms with van der Waals surface area (Å²) in [5, 5.41) is 4.62. The highest BCUT2D eigenvalue weighted by Crippen LogP contribution is 2.31. The second-order valence-electron chi connectivity index (χ2n) is 7.24. The van der Waals surface area contributed by atoms with Gasteiger partial charge < -0.3 is 5.32 Å². The number of rotatable bonds is 5. The van der Waals surface area contributed by atoms with Crippen LogP contribution in [-0.4, -0.2) is 16.0 Å². The van der Waals surface area contributed by atoms with Crippen LogP contribution in [0.1, 0.15) is 24.0 Å². The fourth-order valence-electron chi connectivity index (χ4n) is 3.46. The molecule has 0 atom stereocenters. The number of nitrogens with zero attached hydrogens (tertiary/aromatic N) is 2. The first-order valence-corrected chi connectivity index (χ1v) is 9.50. The molecule has 5 rings (SSSR count). The molecule has 4 aromatic rings. The average molecular weight is 351 g/mol. The second-order valence-corrected chi connectivity index (χ2v) is 7.24. The third-order valence-electron chi connectivity index (χ3n) is 5.06. The second kappa shape index (κ2) is 6.84. The van der Waals surface area contributed by atoms with E-state index in [1.54, 1.807) is 6.33 Å². The molecule has 27 heavy (non-hydrogen) atoms. The molecule has 0 saturated heterocycles. The Morgan fingerprint density at radius 1 is 0.778 bits per heavy atom. The Balaban J connectivity index is 1.50. The number of hydrogen-bond donors (Lipinski definition) is 1. The Morgan fingerprint density at radius 2 is 1.59 bits per heavy atom. The van der Waals surface area contributed by atoms with Crippen LogP contribution >= 0.6 is 0 Å². The van der Waals surface area contributed by atoms with Crippen LogP contribution in [0.3, 0.4) is 0 Å².